The molecule has 1 aliphatic carbocycles. The number of hydrogen-bond acceptors (Lipinski definition) is 4. The Labute approximate surface area is 154 Å². The largest absolute Gasteiger partial charge is 0.494 e. The van der Waals surface area contributed by atoms with Crippen LogP contribution in [-0.4, -0.2) is 42.5 Å². The molecule has 3 atom stereocenters. The summed E-state index contributed by atoms with van der Waals surface area (Å²) in [7, 11) is 0. The van der Waals surface area contributed by atoms with Crippen LogP contribution in [0.1, 0.15) is 37.7 Å². The van der Waals surface area contributed by atoms with Crippen molar-refractivity contribution in [2.45, 2.75) is 44.6 Å². The lowest BCUT2D eigenvalue weighted by Gasteiger charge is -2.19. The van der Waals surface area contributed by atoms with Crippen LogP contribution in [0.15, 0.2) is 18.2 Å². The van der Waals surface area contributed by atoms with Gasteiger partial charge in [0.1, 0.15) is 5.75 Å². The van der Waals surface area contributed by atoms with Crippen LogP contribution in [0.2, 0.25) is 0 Å². The summed E-state index contributed by atoms with van der Waals surface area (Å²) in [6.45, 7) is 2.24. The van der Waals surface area contributed by atoms with E-state index in [1.807, 2.05) is 23.1 Å². The molecule has 140 valence electrons. The third kappa shape index (κ3) is 3.56. The summed E-state index contributed by atoms with van der Waals surface area (Å²) in [5.74, 6) is 2.21. The Morgan fingerprint density at radius 3 is 3.00 bits per heavy atom. The smallest absolute Gasteiger partial charge is 0.224 e. The van der Waals surface area contributed by atoms with Gasteiger partial charge in [-0.2, -0.15) is 0 Å². The molecule has 4 rings (SSSR count). The van der Waals surface area contributed by atoms with Gasteiger partial charge in [0.05, 0.1) is 6.61 Å². The summed E-state index contributed by atoms with van der Waals surface area (Å²) in [6.07, 6.45) is 4.77. The van der Waals surface area contributed by atoms with Crippen LogP contribution in [0.4, 0.5) is 5.69 Å². The van der Waals surface area contributed by atoms with Crippen LogP contribution >= 0.6 is 0 Å². The first-order valence-electron chi connectivity index (χ1n) is 9.69. The Bertz CT molecular complexity index is 706. The Morgan fingerprint density at radius 2 is 2.15 bits per heavy atom. The summed E-state index contributed by atoms with van der Waals surface area (Å²) < 4.78 is 5.80. The highest BCUT2D eigenvalue weighted by atomic mass is 16.5. The van der Waals surface area contributed by atoms with Crippen LogP contribution in [0, 0.1) is 11.8 Å². The minimum Gasteiger partial charge on any atom is -0.494 e. The fourth-order valence-corrected chi connectivity index (χ4v) is 4.53. The molecule has 3 N–H and O–H groups in total. The second-order valence-electron chi connectivity index (χ2n) is 7.78. The van der Waals surface area contributed by atoms with Gasteiger partial charge in [0.15, 0.2) is 0 Å². The Hall–Kier alpha value is -2.08. The number of rotatable bonds is 5. The van der Waals surface area contributed by atoms with Crippen molar-refractivity contribution >= 4 is 17.5 Å². The Balaban J connectivity index is 1.21. The number of carbonyl (C=O) groups excluding carboxylic acids is 2. The number of nitrogens with zero attached hydrogens (tertiary/aromatic N) is 1. The Kier molecular flexibility index (Phi) is 4.85. The van der Waals surface area contributed by atoms with Crippen molar-refractivity contribution in [2.75, 3.05) is 25.0 Å². The molecule has 0 bridgehead atoms. The quantitative estimate of drug-likeness (QED) is 0.789. The molecule has 6 nitrogen and oxygen atoms in total. The zero-order chi connectivity index (χ0) is 18.1. The van der Waals surface area contributed by atoms with Gasteiger partial charge in [-0.05, 0) is 61.3 Å². The molecular formula is C20H27N3O3. The molecule has 2 fully saturated rings. The number of fused-ring (bicyclic) bond motifs is 2. The van der Waals surface area contributed by atoms with Crippen LogP contribution < -0.4 is 15.8 Å². The van der Waals surface area contributed by atoms with E-state index in [0.717, 1.165) is 49.4 Å². The number of carbonyl (C=O) groups is 2. The third-order valence-corrected chi connectivity index (χ3v) is 6.04. The molecule has 0 spiro atoms. The van der Waals surface area contributed by atoms with Crippen LogP contribution in [0.3, 0.4) is 0 Å². The molecule has 0 radical (unpaired) electrons. The number of nitrogens with two attached hydrogens (primary N) is 1. The fourth-order valence-electron chi connectivity index (χ4n) is 4.53. The summed E-state index contributed by atoms with van der Waals surface area (Å²) in [4.78, 5) is 25.8. The van der Waals surface area contributed by atoms with Gasteiger partial charge >= 0.3 is 0 Å². The zero-order valence-electron chi connectivity index (χ0n) is 15.1. The summed E-state index contributed by atoms with van der Waals surface area (Å²) in [5.41, 5.74) is 8.13. The highest BCUT2D eigenvalue weighted by molar-refractivity contribution is 5.94. The second-order valence-corrected chi connectivity index (χ2v) is 7.78. The molecule has 26 heavy (non-hydrogen) atoms. The van der Waals surface area contributed by atoms with Gasteiger partial charge in [-0.3, -0.25) is 9.59 Å². The molecule has 1 saturated carbocycles. The average molecular weight is 357 g/mol. The van der Waals surface area contributed by atoms with Gasteiger partial charge in [0.2, 0.25) is 11.8 Å². The van der Waals surface area contributed by atoms with E-state index < -0.39 is 0 Å². The second kappa shape index (κ2) is 7.27. The summed E-state index contributed by atoms with van der Waals surface area (Å²) in [6, 6.07) is 6.02. The first-order valence-corrected chi connectivity index (χ1v) is 9.69. The predicted molar refractivity (Wildman–Crippen MR) is 98.9 cm³/mol. The van der Waals surface area contributed by atoms with E-state index in [1.54, 1.807) is 0 Å². The van der Waals surface area contributed by atoms with E-state index in [0.29, 0.717) is 37.7 Å². The number of hydrogen-bond donors (Lipinski definition) is 2. The molecule has 3 unspecified atom stereocenters. The van der Waals surface area contributed by atoms with E-state index in [9.17, 15) is 9.59 Å². The fraction of sp³-hybridized carbons (Fsp3) is 0.600. The lowest BCUT2D eigenvalue weighted by Crippen LogP contribution is -2.33. The molecule has 3 aliphatic rings. The number of amides is 2. The number of ether oxygens (including phenoxy) is 1. The molecule has 1 saturated heterocycles. The van der Waals surface area contributed by atoms with Gasteiger partial charge < -0.3 is 20.7 Å². The van der Waals surface area contributed by atoms with E-state index in [-0.39, 0.29) is 17.9 Å². The number of aryl methyl sites for hydroxylation is 1. The maximum atomic E-state index is 12.4. The van der Waals surface area contributed by atoms with Crippen molar-refractivity contribution < 1.29 is 14.3 Å². The first kappa shape index (κ1) is 17.3. The minimum absolute atomic E-state index is 0.0664. The van der Waals surface area contributed by atoms with E-state index in [4.69, 9.17) is 10.5 Å². The van der Waals surface area contributed by atoms with Gasteiger partial charge in [-0.25, -0.2) is 0 Å². The lowest BCUT2D eigenvalue weighted by molar-refractivity contribution is -0.130. The molecule has 6 heteroatoms. The third-order valence-electron chi connectivity index (χ3n) is 6.04. The maximum Gasteiger partial charge on any atom is 0.224 e. The SMILES string of the molecule is NC1CCC2CN(C(=O)CCCOc3ccc4c(c3)CCC(=O)N4)CC12. The number of likely N-dealkylation sites (tertiary alicyclic amines) is 1. The molecular weight excluding hydrogens is 330 g/mol. The van der Waals surface area contributed by atoms with E-state index in [1.165, 1.54) is 0 Å². The van der Waals surface area contributed by atoms with Crippen molar-refractivity contribution in [1.29, 1.82) is 0 Å². The molecule has 1 aromatic rings. The average Bonchev–Trinajstić information content (AvgIpc) is 3.21. The predicted octanol–water partition coefficient (Wildman–Crippen LogP) is 1.93. The molecule has 2 amide bonds. The van der Waals surface area contributed by atoms with Crippen LogP contribution in [0.5, 0.6) is 5.75 Å². The standard InChI is InChI=1S/C20H27N3O3/c21-17-6-3-14-11-23(12-16(14)17)20(25)2-1-9-26-15-5-7-18-13(10-15)4-8-19(24)22-18/h5,7,10,14,16-17H,1-4,6,8-9,11-12,21H2,(H,22,24). The first-order chi connectivity index (χ1) is 12.6. The topological polar surface area (TPSA) is 84.7 Å². The van der Waals surface area contributed by atoms with Gasteiger partial charge in [0.25, 0.3) is 0 Å². The molecule has 0 aromatic heterocycles. The molecule has 1 aromatic carbocycles. The molecule has 2 aliphatic heterocycles. The number of nitrogens with one attached hydrogen (secondary N) is 1. The number of benzene rings is 1. The van der Waals surface area contributed by atoms with Crippen molar-refractivity contribution in [2.24, 2.45) is 17.6 Å². The summed E-state index contributed by atoms with van der Waals surface area (Å²) >= 11 is 0. The highest BCUT2D eigenvalue weighted by Crippen LogP contribution is 2.37. The van der Waals surface area contributed by atoms with E-state index in [2.05, 4.69) is 5.32 Å². The van der Waals surface area contributed by atoms with Crippen molar-refractivity contribution in [3.05, 3.63) is 23.8 Å². The van der Waals surface area contributed by atoms with Gasteiger partial charge in [0, 0.05) is 37.7 Å². The maximum absolute atomic E-state index is 12.4. The Morgan fingerprint density at radius 1 is 1.27 bits per heavy atom. The lowest BCUT2D eigenvalue weighted by atomic mass is 9.98. The molecule has 2 heterocycles. The minimum atomic E-state index is 0.0664. The number of anilines is 1. The van der Waals surface area contributed by atoms with Crippen LogP contribution in [0.25, 0.3) is 0 Å². The van der Waals surface area contributed by atoms with Crippen LogP contribution in [-0.2, 0) is 16.0 Å². The van der Waals surface area contributed by atoms with E-state index >= 15 is 0 Å². The normalized spacial score (nSPS) is 27.0. The summed E-state index contributed by atoms with van der Waals surface area (Å²) in [5, 5.41) is 2.87. The monoisotopic (exact) mass is 357 g/mol. The van der Waals surface area contributed by atoms with Crippen molar-refractivity contribution in [3.63, 3.8) is 0 Å². The zero-order valence-corrected chi connectivity index (χ0v) is 15.1. The van der Waals surface area contributed by atoms with Gasteiger partial charge in [-0.15, -0.1) is 0 Å². The van der Waals surface area contributed by atoms with Gasteiger partial charge in [-0.1, -0.05) is 0 Å². The highest BCUT2D eigenvalue weighted by Gasteiger charge is 2.42. The van der Waals surface area contributed by atoms with Crippen molar-refractivity contribution in [3.8, 4) is 5.75 Å². The van der Waals surface area contributed by atoms with Crippen molar-refractivity contribution in [1.82, 2.24) is 4.90 Å².